The molecule has 17 heavy (non-hydrogen) atoms. The van der Waals surface area contributed by atoms with Gasteiger partial charge in [0.25, 0.3) is 0 Å². The monoisotopic (exact) mass is 318 g/mol. The van der Waals surface area contributed by atoms with Gasteiger partial charge in [0, 0.05) is 4.47 Å². The molecule has 0 saturated heterocycles. The summed E-state index contributed by atoms with van der Waals surface area (Å²) in [4.78, 5) is 0. The molecular formula is C10H5BrF6. The highest BCUT2D eigenvalue weighted by atomic mass is 79.9. The molecule has 0 aromatic heterocycles. The van der Waals surface area contributed by atoms with Crippen LogP contribution in [0.5, 0.6) is 0 Å². The van der Waals surface area contributed by atoms with Gasteiger partial charge in [-0.1, -0.05) is 22.5 Å². The van der Waals surface area contributed by atoms with Gasteiger partial charge in [-0.25, -0.2) is 0 Å². The average molecular weight is 319 g/mol. The van der Waals surface area contributed by atoms with Crippen molar-refractivity contribution in [3.05, 3.63) is 40.4 Å². The van der Waals surface area contributed by atoms with Crippen molar-refractivity contribution in [2.75, 3.05) is 0 Å². The summed E-state index contributed by atoms with van der Waals surface area (Å²) in [5.41, 5.74) is -3.09. The fourth-order valence-corrected chi connectivity index (χ4v) is 1.58. The summed E-state index contributed by atoms with van der Waals surface area (Å²) in [6.45, 7) is 2.75. The number of benzene rings is 1. The van der Waals surface area contributed by atoms with E-state index in [4.69, 9.17) is 0 Å². The lowest BCUT2D eigenvalue weighted by atomic mass is 10.0. The standard InChI is InChI=1S/C10H5BrF6/c1-5(9(12,13)14)6-2-7(10(15,16)17)4-8(11)3-6/h2-4H,1H2. The summed E-state index contributed by atoms with van der Waals surface area (Å²) >= 11 is 2.73. The summed E-state index contributed by atoms with van der Waals surface area (Å²) in [6, 6.07) is 2.05. The van der Waals surface area contributed by atoms with Gasteiger partial charge in [-0.2, -0.15) is 26.3 Å². The van der Waals surface area contributed by atoms with Gasteiger partial charge < -0.3 is 0 Å². The third-order valence-corrected chi connectivity index (χ3v) is 2.37. The molecule has 0 saturated carbocycles. The molecule has 0 spiro atoms. The molecule has 0 N–H and O–H groups in total. The Morgan fingerprint density at radius 3 is 1.94 bits per heavy atom. The van der Waals surface area contributed by atoms with Gasteiger partial charge in [0.2, 0.25) is 0 Å². The SMILES string of the molecule is C=C(c1cc(Br)cc(C(F)(F)F)c1)C(F)(F)F. The third-order valence-electron chi connectivity index (χ3n) is 1.92. The first-order valence-electron chi connectivity index (χ1n) is 4.16. The van der Waals surface area contributed by atoms with E-state index < -0.39 is 29.1 Å². The Morgan fingerprint density at radius 2 is 1.53 bits per heavy atom. The Bertz CT molecular complexity index is 443. The Labute approximate surface area is 101 Å². The van der Waals surface area contributed by atoms with Crippen LogP contribution >= 0.6 is 15.9 Å². The van der Waals surface area contributed by atoms with Gasteiger partial charge in [-0.15, -0.1) is 0 Å². The lowest BCUT2D eigenvalue weighted by Gasteiger charge is -2.13. The maximum absolute atomic E-state index is 12.4. The molecule has 94 valence electrons. The van der Waals surface area contributed by atoms with Crippen molar-refractivity contribution in [3.8, 4) is 0 Å². The van der Waals surface area contributed by atoms with Crippen molar-refractivity contribution in [1.29, 1.82) is 0 Å². The minimum Gasteiger partial charge on any atom is -0.166 e. The number of rotatable bonds is 1. The predicted octanol–water partition coefficient (Wildman–Crippen LogP) is 5.04. The van der Waals surface area contributed by atoms with Gasteiger partial charge in [0.05, 0.1) is 11.1 Å². The Hall–Kier alpha value is -0.980. The Kier molecular flexibility index (Phi) is 3.61. The molecule has 7 heteroatoms. The number of halogens is 7. The molecule has 1 aromatic rings. The van der Waals surface area contributed by atoms with Gasteiger partial charge in [-0.05, 0) is 23.8 Å². The summed E-state index contributed by atoms with van der Waals surface area (Å²) in [7, 11) is 0. The topological polar surface area (TPSA) is 0 Å². The normalized spacial score (nSPS) is 12.6. The third kappa shape index (κ3) is 3.49. The van der Waals surface area contributed by atoms with Crippen LogP contribution in [0.15, 0.2) is 29.3 Å². The number of allylic oxidation sites excluding steroid dienone is 1. The van der Waals surface area contributed by atoms with Crippen molar-refractivity contribution in [1.82, 2.24) is 0 Å². The van der Waals surface area contributed by atoms with Crippen LogP contribution in [0.1, 0.15) is 11.1 Å². The number of hydrogen-bond donors (Lipinski definition) is 0. The van der Waals surface area contributed by atoms with Gasteiger partial charge in [-0.3, -0.25) is 0 Å². The van der Waals surface area contributed by atoms with E-state index in [2.05, 4.69) is 22.5 Å². The lowest BCUT2D eigenvalue weighted by molar-refractivity contribution is -0.137. The van der Waals surface area contributed by atoms with Crippen molar-refractivity contribution < 1.29 is 26.3 Å². The van der Waals surface area contributed by atoms with E-state index in [1.165, 1.54) is 0 Å². The summed E-state index contributed by atoms with van der Waals surface area (Å²) < 4.78 is 73.9. The van der Waals surface area contributed by atoms with Crippen LogP contribution in [-0.2, 0) is 6.18 Å². The molecule has 1 rings (SSSR count). The molecular weight excluding hydrogens is 314 g/mol. The molecule has 0 nitrogen and oxygen atoms in total. The zero-order chi connectivity index (χ0) is 13.4. The smallest absolute Gasteiger partial charge is 0.166 e. The zero-order valence-corrected chi connectivity index (χ0v) is 9.67. The summed E-state index contributed by atoms with van der Waals surface area (Å²) in [6.07, 6.45) is -9.46. The molecule has 0 aliphatic carbocycles. The van der Waals surface area contributed by atoms with Crippen molar-refractivity contribution in [2.24, 2.45) is 0 Å². The fraction of sp³-hybridized carbons (Fsp3) is 0.200. The average Bonchev–Trinajstić information content (AvgIpc) is 2.12. The number of alkyl halides is 6. The predicted molar refractivity (Wildman–Crippen MR) is 54.2 cm³/mol. The molecule has 0 radical (unpaired) electrons. The maximum Gasteiger partial charge on any atom is 0.416 e. The van der Waals surface area contributed by atoms with E-state index in [9.17, 15) is 26.3 Å². The zero-order valence-electron chi connectivity index (χ0n) is 8.08. The fourth-order valence-electron chi connectivity index (χ4n) is 1.09. The van der Waals surface area contributed by atoms with E-state index in [0.717, 1.165) is 6.07 Å². The Balaban J connectivity index is 3.29. The molecule has 0 amide bonds. The minimum absolute atomic E-state index is 0.0901. The Morgan fingerprint density at radius 1 is 1.00 bits per heavy atom. The largest absolute Gasteiger partial charge is 0.416 e. The summed E-state index contributed by atoms with van der Waals surface area (Å²) in [5.74, 6) is 0. The molecule has 0 aliphatic rings. The molecule has 0 unspecified atom stereocenters. The first-order valence-corrected chi connectivity index (χ1v) is 4.95. The number of hydrogen-bond acceptors (Lipinski definition) is 0. The molecule has 0 atom stereocenters. The molecule has 0 heterocycles. The van der Waals surface area contributed by atoms with Crippen molar-refractivity contribution >= 4 is 21.5 Å². The van der Waals surface area contributed by atoms with Crippen molar-refractivity contribution in [2.45, 2.75) is 12.4 Å². The molecule has 0 aliphatic heterocycles. The van der Waals surface area contributed by atoms with E-state index in [-0.39, 0.29) is 4.47 Å². The lowest BCUT2D eigenvalue weighted by Crippen LogP contribution is -2.11. The van der Waals surface area contributed by atoms with Crippen LogP contribution in [0, 0.1) is 0 Å². The highest BCUT2D eigenvalue weighted by molar-refractivity contribution is 9.10. The van der Waals surface area contributed by atoms with Crippen LogP contribution < -0.4 is 0 Å². The second kappa shape index (κ2) is 4.36. The second-order valence-electron chi connectivity index (χ2n) is 3.20. The highest BCUT2D eigenvalue weighted by Gasteiger charge is 2.36. The first-order chi connectivity index (χ1) is 7.51. The second-order valence-corrected chi connectivity index (χ2v) is 4.12. The molecule has 1 aromatic carbocycles. The van der Waals surface area contributed by atoms with Gasteiger partial charge >= 0.3 is 12.4 Å². The van der Waals surface area contributed by atoms with E-state index in [0.29, 0.717) is 12.1 Å². The first kappa shape index (κ1) is 14.1. The van der Waals surface area contributed by atoms with Gasteiger partial charge in [0.1, 0.15) is 0 Å². The van der Waals surface area contributed by atoms with E-state index in [1.54, 1.807) is 0 Å². The summed E-state index contributed by atoms with van der Waals surface area (Å²) in [5, 5.41) is 0. The maximum atomic E-state index is 12.4. The van der Waals surface area contributed by atoms with Crippen LogP contribution in [0.4, 0.5) is 26.3 Å². The highest BCUT2D eigenvalue weighted by Crippen LogP contribution is 2.37. The van der Waals surface area contributed by atoms with Gasteiger partial charge in [0.15, 0.2) is 0 Å². The van der Waals surface area contributed by atoms with Crippen molar-refractivity contribution in [3.63, 3.8) is 0 Å². The quantitative estimate of drug-likeness (QED) is 0.636. The molecule has 0 fully saturated rings. The van der Waals surface area contributed by atoms with E-state index >= 15 is 0 Å². The minimum atomic E-state index is -4.76. The van der Waals surface area contributed by atoms with Crippen LogP contribution in [0.2, 0.25) is 0 Å². The van der Waals surface area contributed by atoms with Crippen LogP contribution in [0.3, 0.4) is 0 Å². The molecule has 0 bridgehead atoms. The van der Waals surface area contributed by atoms with E-state index in [1.807, 2.05) is 0 Å². The van der Waals surface area contributed by atoms with Crippen LogP contribution in [-0.4, -0.2) is 6.18 Å². The van der Waals surface area contributed by atoms with Crippen LogP contribution in [0.25, 0.3) is 5.57 Å².